The van der Waals surface area contributed by atoms with E-state index in [2.05, 4.69) is 79.7 Å². The summed E-state index contributed by atoms with van der Waals surface area (Å²) in [6, 6.07) is 13.3. The molecular weight excluding hydrogens is 576 g/mol. The molecule has 0 fully saturated rings. The summed E-state index contributed by atoms with van der Waals surface area (Å²) in [5.41, 5.74) is 5.77. The van der Waals surface area contributed by atoms with Crippen molar-refractivity contribution in [1.82, 2.24) is 0 Å². The fourth-order valence-electron chi connectivity index (χ4n) is 6.56. The van der Waals surface area contributed by atoms with E-state index < -0.39 is 21.5 Å². The number of aliphatic carboxylic acids is 1. The van der Waals surface area contributed by atoms with Crippen LogP contribution in [0.4, 0.5) is 11.4 Å². The number of anilines is 1. The highest BCUT2D eigenvalue weighted by Gasteiger charge is 2.45. The van der Waals surface area contributed by atoms with Gasteiger partial charge in [0, 0.05) is 61.2 Å². The van der Waals surface area contributed by atoms with Gasteiger partial charge in [0.25, 0.3) is 10.1 Å². The molecular formula is C35H45N2O6S+. The number of carbonyl (C=O) groups is 1. The fourth-order valence-corrected chi connectivity index (χ4v) is 7.07. The van der Waals surface area contributed by atoms with Crippen LogP contribution in [0.2, 0.25) is 0 Å². The second kappa shape index (κ2) is 13.6. The average molecular weight is 622 g/mol. The number of fused-ring (bicyclic) bond motifs is 2. The molecule has 8 nitrogen and oxygen atoms in total. The smallest absolute Gasteiger partial charge is 0.303 e. The van der Waals surface area contributed by atoms with Gasteiger partial charge in [0.1, 0.15) is 6.54 Å². The van der Waals surface area contributed by atoms with Crippen LogP contribution in [0.3, 0.4) is 0 Å². The fraction of sp³-hybridized carbons (Fsp3) is 0.429. The van der Waals surface area contributed by atoms with Gasteiger partial charge in [0.2, 0.25) is 5.69 Å². The standard InChI is InChI=1S/C35H44N2O6S/c1-6-36-30-21-20-26(44(40,41)42)25-28(30)34(2,3)31(36)17-9-7-10-18-32-35(4,22-24-43-5)27-15-12-13-16-29(27)37(32)23-14-8-11-19-33(38)39/h7,9-10,12-13,15-18,20-21,25H,6,8,11,14,19,22-24H2,1-5H3,(H-,38,39,40,41,42)/p+1. The Morgan fingerprint density at radius 2 is 1.77 bits per heavy atom. The maximum Gasteiger partial charge on any atom is 0.303 e. The van der Waals surface area contributed by atoms with E-state index in [0.717, 1.165) is 42.8 Å². The summed E-state index contributed by atoms with van der Waals surface area (Å²) in [7, 11) is -2.58. The molecule has 2 N–H and O–H groups in total. The molecule has 2 aromatic carbocycles. The van der Waals surface area contributed by atoms with Crippen LogP contribution in [0, 0.1) is 0 Å². The number of unbranched alkanes of at least 4 members (excludes halogenated alkanes) is 2. The van der Waals surface area contributed by atoms with Crippen molar-refractivity contribution in [3.8, 4) is 0 Å². The van der Waals surface area contributed by atoms with E-state index in [1.54, 1.807) is 19.2 Å². The van der Waals surface area contributed by atoms with E-state index in [-0.39, 0.29) is 16.7 Å². The zero-order valence-electron chi connectivity index (χ0n) is 26.4. The van der Waals surface area contributed by atoms with Crippen molar-refractivity contribution in [1.29, 1.82) is 0 Å². The van der Waals surface area contributed by atoms with Crippen molar-refractivity contribution in [2.24, 2.45) is 0 Å². The minimum Gasteiger partial charge on any atom is -0.481 e. The molecule has 0 saturated carbocycles. The molecule has 0 spiro atoms. The number of ether oxygens (including phenoxy) is 1. The molecule has 0 bridgehead atoms. The Morgan fingerprint density at radius 3 is 2.45 bits per heavy atom. The number of allylic oxidation sites excluding steroid dienone is 6. The van der Waals surface area contributed by atoms with E-state index in [9.17, 15) is 17.8 Å². The van der Waals surface area contributed by atoms with Crippen molar-refractivity contribution in [2.45, 2.75) is 75.5 Å². The maximum atomic E-state index is 11.8. The number of benzene rings is 2. The number of carboxylic acids is 1. The molecule has 0 radical (unpaired) electrons. The van der Waals surface area contributed by atoms with Gasteiger partial charge < -0.3 is 14.7 Å². The molecule has 44 heavy (non-hydrogen) atoms. The molecule has 0 saturated heterocycles. The topological polar surface area (TPSA) is 107 Å². The molecule has 4 rings (SSSR count). The number of hydrogen-bond acceptors (Lipinski definition) is 5. The van der Waals surface area contributed by atoms with Crippen molar-refractivity contribution in [2.75, 3.05) is 31.7 Å². The lowest BCUT2D eigenvalue weighted by molar-refractivity contribution is -0.433. The summed E-state index contributed by atoms with van der Waals surface area (Å²) in [6.07, 6.45) is 13.8. The van der Waals surface area contributed by atoms with Gasteiger partial charge in [-0.3, -0.25) is 9.35 Å². The van der Waals surface area contributed by atoms with Gasteiger partial charge in [0.15, 0.2) is 5.71 Å². The van der Waals surface area contributed by atoms with Gasteiger partial charge in [-0.1, -0.05) is 42.8 Å². The minimum absolute atomic E-state index is 0.0994. The molecule has 0 aliphatic carbocycles. The third-order valence-electron chi connectivity index (χ3n) is 8.93. The van der Waals surface area contributed by atoms with Crippen LogP contribution >= 0.6 is 0 Å². The lowest BCUT2D eigenvalue weighted by Crippen LogP contribution is -2.30. The van der Waals surface area contributed by atoms with Gasteiger partial charge in [-0.15, -0.1) is 0 Å². The van der Waals surface area contributed by atoms with Gasteiger partial charge in [0.05, 0.1) is 10.3 Å². The van der Waals surface area contributed by atoms with Crippen LogP contribution in [0.1, 0.15) is 70.9 Å². The van der Waals surface area contributed by atoms with Crippen molar-refractivity contribution in [3.05, 3.63) is 89.7 Å². The average Bonchev–Trinajstić information content (AvgIpc) is 3.34. The molecule has 236 valence electrons. The van der Waals surface area contributed by atoms with Crippen LogP contribution in [-0.4, -0.2) is 61.1 Å². The summed E-state index contributed by atoms with van der Waals surface area (Å²) in [5.74, 6) is -0.754. The predicted octanol–water partition coefficient (Wildman–Crippen LogP) is 6.79. The molecule has 0 aromatic heterocycles. The minimum atomic E-state index is -4.30. The summed E-state index contributed by atoms with van der Waals surface area (Å²) in [6.45, 7) is 10.6. The number of nitrogens with zero attached hydrogens (tertiary/aromatic N) is 2. The predicted molar refractivity (Wildman–Crippen MR) is 175 cm³/mol. The Balaban J connectivity index is 1.62. The van der Waals surface area contributed by atoms with E-state index >= 15 is 0 Å². The lowest BCUT2D eigenvalue weighted by Gasteiger charge is -2.30. The molecule has 2 heterocycles. The second-order valence-corrected chi connectivity index (χ2v) is 13.6. The number of para-hydroxylation sites is 1. The third kappa shape index (κ3) is 6.75. The molecule has 2 aromatic rings. The molecule has 9 heteroatoms. The largest absolute Gasteiger partial charge is 0.481 e. The number of hydrogen-bond donors (Lipinski definition) is 2. The summed E-state index contributed by atoms with van der Waals surface area (Å²) in [4.78, 5) is 13.2. The van der Waals surface area contributed by atoms with Gasteiger partial charge in [-0.2, -0.15) is 13.0 Å². The Hall–Kier alpha value is -3.53. The first-order valence-corrected chi connectivity index (χ1v) is 16.7. The highest BCUT2D eigenvalue weighted by atomic mass is 32.2. The SMILES string of the molecule is CC[N+]1=C(/C=C/C=C/C=C2/N(CCCCCC(=O)O)c3ccccc3C2(C)CCOC)C(C)(C)c2cc(S(=O)(=O)O)ccc21. The summed E-state index contributed by atoms with van der Waals surface area (Å²) in [5, 5.41) is 9.02. The van der Waals surface area contributed by atoms with Crippen molar-refractivity contribution < 1.29 is 32.2 Å². The van der Waals surface area contributed by atoms with E-state index in [4.69, 9.17) is 9.84 Å². The highest BCUT2D eigenvalue weighted by Crippen LogP contribution is 2.50. The Bertz CT molecular complexity index is 1620. The molecule has 1 unspecified atom stereocenters. The first-order chi connectivity index (χ1) is 20.9. The molecule has 0 amide bonds. The van der Waals surface area contributed by atoms with Crippen LogP contribution in [0.5, 0.6) is 0 Å². The second-order valence-electron chi connectivity index (χ2n) is 12.2. The highest BCUT2D eigenvalue weighted by molar-refractivity contribution is 7.85. The molecule has 2 aliphatic rings. The number of methoxy groups -OCH3 is 1. The van der Waals surface area contributed by atoms with E-state index in [1.807, 2.05) is 12.2 Å². The van der Waals surface area contributed by atoms with Crippen molar-refractivity contribution >= 4 is 33.2 Å². The Morgan fingerprint density at radius 1 is 1.02 bits per heavy atom. The van der Waals surface area contributed by atoms with Crippen LogP contribution < -0.4 is 4.90 Å². The van der Waals surface area contributed by atoms with Gasteiger partial charge >= 0.3 is 5.97 Å². The van der Waals surface area contributed by atoms with Crippen molar-refractivity contribution in [3.63, 3.8) is 0 Å². The van der Waals surface area contributed by atoms with Crippen LogP contribution in [0.25, 0.3) is 0 Å². The van der Waals surface area contributed by atoms with E-state index in [0.29, 0.717) is 19.6 Å². The molecule has 2 aliphatic heterocycles. The normalized spacial score (nSPS) is 20.3. The Kier molecular flexibility index (Phi) is 10.3. The maximum absolute atomic E-state index is 11.8. The zero-order chi connectivity index (χ0) is 32.1. The van der Waals surface area contributed by atoms with Crippen LogP contribution in [0.15, 0.2) is 83.4 Å². The zero-order valence-corrected chi connectivity index (χ0v) is 27.2. The lowest BCUT2D eigenvalue weighted by atomic mass is 9.78. The number of carboxylic acid groups (broad SMARTS) is 1. The first kappa shape index (κ1) is 33.4. The monoisotopic (exact) mass is 621 g/mol. The van der Waals surface area contributed by atoms with E-state index in [1.165, 1.54) is 23.0 Å². The quantitative estimate of drug-likeness (QED) is 0.104. The summed E-state index contributed by atoms with van der Waals surface area (Å²) >= 11 is 0. The Labute approximate surface area is 261 Å². The van der Waals surface area contributed by atoms with Gasteiger partial charge in [-0.05, 0) is 76.8 Å². The number of rotatable bonds is 14. The van der Waals surface area contributed by atoms with Gasteiger partial charge in [-0.25, -0.2) is 0 Å². The third-order valence-corrected chi connectivity index (χ3v) is 9.78. The summed E-state index contributed by atoms with van der Waals surface area (Å²) < 4.78 is 40.9. The van der Waals surface area contributed by atoms with Crippen LogP contribution in [-0.2, 0) is 30.5 Å². The first-order valence-electron chi connectivity index (χ1n) is 15.3. The molecule has 1 atom stereocenters.